The Morgan fingerprint density at radius 3 is 3.06 bits per heavy atom. The highest BCUT2D eigenvalue weighted by molar-refractivity contribution is 8.02. The number of hydrogen-bond donors (Lipinski definition) is 2. The van der Waals surface area contributed by atoms with Crippen LogP contribution in [0, 0.1) is 0 Å². The number of aromatic nitrogens is 1. The molecule has 0 saturated carbocycles. The van der Waals surface area contributed by atoms with Gasteiger partial charge in [-0.3, -0.25) is 4.79 Å². The van der Waals surface area contributed by atoms with Gasteiger partial charge in [0.25, 0.3) is 0 Å². The molecule has 0 radical (unpaired) electrons. The summed E-state index contributed by atoms with van der Waals surface area (Å²) in [5.74, 6) is -0.0756. The van der Waals surface area contributed by atoms with Gasteiger partial charge >= 0.3 is 0 Å². The maximum atomic E-state index is 11.7. The number of nitrogens with one attached hydrogen (secondary N) is 1. The fourth-order valence-corrected chi connectivity index (χ4v) is 3.66. The second-order valence-electron chi connectivity index (χ2n) is 3.72. The molecule has 0 spiro atoms. The minimum atomic E-state index is -0.211. The molecule has 0 aliphatic rings. The van der Waals surface area contributed by atoms with Crippen molar-refractivity contribution in [2.75, 3.05) is 13.2 Å². The number of thiazole rings is 1. The first-order valence-corrected chi connectivity index (χ1v) is 7.31. The standard InChI is InChI=1S/C12H14N2O2S2/c1-8(11(16)13-6-7-15)17-12-14-9-4-2-3-5-10(9)18-12/h2-5,8,15H,6-7H2,1H3,(H,13,16). The predicted octanol–water partition coefficient (Wildman–Crippen LogP) is 1.89. The second-order valence-corrected chi connectivity index (χ2v) is 6.34. The normalized spacial score (nSPS) is 12.6. The lowest BCUT2D eigenvalue weighted by Gasteiger charge is -2.08. The molecule has 18 heavy (non-hydrogen) atoms. The maximum absolute atomic E-state index is 11.7. The summed E-state index contributed by atoms with van der Waals surface area (Å²) in [5, 5.41) is 11.1. The molecule has 2 rings (SSSR count). The molecule has 2 aromatic rings. The predicted molar refractivity (Wildman–Crippen MR) is 75.0 cm³/mol. The third-order valence-electron chi connectivity index (χ3n) is 2.33. The van der Waals surface area contributed by atoms with E-state index in [9.17, 15) is 4.79 Å². The number of fused-ring (bicyclic) bond motifs is 1. The van der Waals surface area contributed by atoms with Crippen molar-refractivity contribution in [1.82, 2.24) is 10.3 Å². The van der Waals surface area contributed by atoms with E-state index in [0.717, 1.165) is 14.6 Å². The first kappa shape index (κ1) is 13.3. The molecule has 0 aliphatic heterocycles. The molecule has 1 unspecified atom stereocenters. The summed E-state index contributed by atoms with van der Waals surface area (Å²) in [4.78, 5) is 16.1. The van der Waals surface area contributed by atoms with Crippen LogP contribution in [0.4, 0.5) is 0 Å². The van der Waals surface area contributed by atoms with E-state index in [1.165, 1.54) is 11.8 Å². The van der Waals surface area contributed by atoms with Crippen LogP contribution in [0.15, 0.2) is 28.6 Å². The Kier molecular flexibility index (Phi) is 4.57. The molecule has 6 heteroatoms. The number of hydrogen-bond acceptors (Lipinski definition) is 5. The highest BCUT2D eigenvalue weighted by Crippen LogP contribution is 2.31. The molecule has 1 amide bonds. The Balaban J connectivity index is 2.02. The second kappa shape index (κ2) is 6.17. The van der Waals surface area contributed by atoms with Crippen molar-refractivity contribution in [3.8, 4) is 0 Å². The van der Waals surface area contributed by atoms with Gasteiger partial charge < -0.3 is 10.4 Å². The molecular formula is C12H14N2O2S2. The third kappa shape index (κ3) is 3.22. The maximum Gasteiger partial charge on any atom is 0.233 e. The molecule has 0 aliphatic carbocycles. The summed E-state index contributed by atoms with van der Waals surface area (Å²) < 4.78 is 2.02. The van der Waals surface area contributed by atoms with Gasteiger partial charge in [0.1, 0.15) is 0 Å². The van der Waals surface area contributed by atoms with E-state index in [0.29, 0.717) is 6.54 Å². The number of carbonyl (C=O) groups excluding carboxylic acids is 1. The van der Waals surface area contributed by atoms with Gasteiger partial charge in [0.05, 0.1) is 22.1 Å². The molecule has 2 N–H and O–H groups in total. The molecule has 0 bridgehead atoms. The van der Waals surface area contributed by atoms with Crippen molar-refractivity contribution in [1.29, 1.82) is 0 Å². The Morgan fingerprint density at radius 1 is 1.56 bits per heavy atom. The van der Waals surface area contributed by atoms with Crippen LogP contribution >= 0.6 is 23.1 Å². The van der Waals surface area contributed by atoms with Gasteiger partial charge in [0.15, 0.2) is 4.34 Å². The van der Waals surface area contributed by atoms with Crippen molar-refractivity contribution in [3.63, 3.8) is 0 Å². The Hall–Kier alpha value is -1.11. The van der Waals surface area contributed by atoms with E-state index >= 15 is 0 Å². The molecule has 4 nitrogen and oxygen atoms in total. The van der Waals surface area contributed by atoms with Crippen molar-refractivity contribution >= 4 is 39.2 Å². The molecule has 1 heterocycles. The van der Waals surface area contributed by atoms with Gasteiger partial charge in [-0.15, -0.1) is 11.3 Å². The SMILES string of the molecule is CC(Sc1nc2ccccc2s1)C(=O)NCCO. The average Bonchev–Trinajstić information content (AvgIpc) is 2.77. The molecule has 1 aromatic heterocycles. The van der Waals surface area contributed by atoms with Crippen molar-refractivity contribution < 1.29 is 9.90 Å². The van der Waals surface area contributed by atoms with E-state index < -0.39 is 0 Å². The molecule has 1 aromatic carbocycles. The van der Waals surface area contributed by atoms with Crippen LogP contribution < -0.4 is 5.32 Å². The molecule has 0 fully saturated rings. The van der Waals surface area contributed by atoms with Crippen LogP contribution in [0.5, 0.6) is 0 Å². The van der Waals surface area contributed by atoms with Crippen LogP contribution in [0.2, 0.25) is 0 Å². The number of carbonyl (C=O) groups is 1. The number of thioether (sulfide) groups is 1. The van der Waals surface area contributed by atoms with E-state index in [4.69, 9.17) is 5.11 Å². The number of nitrogens with zero attached hydrogens (tertiary/aromatic N) is 1. The lowest BCUT2D eigenvalue weighted by molar-refractivity contribution is -0.120. The molecular weight excluding hydrogens is 268 g/mol. The van der Waals surface area contributed by atoms with Gasteiger partial charge in [0.2, 0.25) is 5.91 Å². The van der Waals surface area contributed by atoms with Crippen molar-refractivity contribution in [3.05, 3.63) is 24.3 Å². The summed E-state index contributed by atoms with van der Waals surface area (Å²) in [6.45, 7) is 2.09. The number of amides is 1. The zero-order valence-electron chi connectivity index (χ0n) is 9.92. The summed E-state index contributed by atoms with van der Waals surface area (Å²) in [6.07, 6.45) is 0. The van der Waals surface area contributed by atoms with Crippen LogP contribution in [-0.2, 0) is 4.79 Å². The fraction of sp³-hybridized carbons (Fsp3) is 0.333. The molecule has 96 valence electrons. The summed E-state index contributed by atoms with van der Waals surface area (Å²) >= 11 is 3.03. The average molecular weight is 282 g/mol. The van der Waals surface area contributed by atoms with Crippen LogP contribution in [0.1, 0.15) is 6.92 Å². The Morgan fingerprint density at radius 2 is 2.33 bits per heavy atom. The van der Waals surface area contributed by atoms with Gasteiger partial charge in [-0.05, 0) is 19.1 Å². The lowest BCUT2D eigenvalue weighted by Crippen LogP contribution is -2.32. The number of benzene rings is 1. The number of aliphatic hydroxyl groups is 1. The Labute approximate surface area is 113 Å². The van der Waals surface area contributed by atoms with E-state index in [1.807, 2.05) is 31.2 Å². The number of para-hydroxylation sites is 1. The van der Waals surface area contributed by atoms with Gasteiger partial charge in [-0.2, -0.15) is 0 Å². The van der Waals surface area contributed by atoms with Gasteiger partial charge in [-0.25, -0.2) is 4.98 Å². The molecule has 1 atom stereocenters. The minimum Gasteiger partial charge on any atom is -0.395 e. The largest absolute Gasteiger partial charge is 0.395 e. The molecule has 0 saturated heterocycles. The minimum absolute atomic E-state index is 0.0374. The zero-order chi connectivity index (χ0) is 13.0. The van der Waals surface area contributed by atoms with E-state index in [2.05, 4.69) is 10.3 Å². The summed E-state index contributed by atoms with van der Waals surface area (Å²) in [7, 11) is 0. The summed E-state index contributed by atoms with van der Waals surface area (Å²) in [5.41, 5.74) is 0.966. The van der Waals surface area contributed by atoms with E-state index in [1.54, 1.807) is 11.3 Å². The van der Waals surface area contributed by atoms with Crippen LogP contribution in [0.25, 0.3) is 10.2 Å². The highest BCUT2D eigenvalue weighted by Gasteiger charge is 2.16. The number of rotatable bonds is 5. The third-order valence-corrected chi connectivity index (χ3v) is 4.56. The van der Waals surface area contributed by atoms with Crippen molar-refractivity contribution in [2.24, 2.45) is 0 Å². The zero-order valence-corrected chi connectivity index (χ0v) is 11.6. The highest BCUT2D eigenvalue weighted by atomic mass is 32.2. The van der Waals surface area contributed by atoms with E-state index in [-0.39, 0.29) is 17.8 Å². The Bertz CT molecular complexity index is 509. The van der Waals surface area contributed by atoms with Crippen LogP contribution in [0.3, 0.4) is 0 Å². The van der Waals surface area contributed by atoms with Gasteiger partial charge in [0, 0.05) is 6.54 Å². The first-order valence-electron chi connectivity index (χ1n) is 5.61. The number of aliphatic hydroxyl groups excluding tert-OH is 1. The smallest absolute Gasteiger partial charge is 0.233 e. The van der Waals surface area contributed by atoms with Crippen LogP contribution in [-0.4, -0.2) is 34.4 Å². The summed E-state index contributed by atoms with van der Waals surface area (Å²) in [6, 6.07) is 7.92. The lowest BCUT2D eigenvalue weighted by atomic mass is 10.3. The monoisotopic (exact) mass is 282 g/mol. The van der Waals surface area contributed by atoms with Crippen molar-refractivity contribution in [2.45, 2.75) is 16.5 Å². The fourth-order valence-electron chi connectivity index (χ4n) is 1.43. The first-order chi connectivity index (χ1) is 8.70. The van der Waals surface area contributed by atoms with Gasteiger partial charge in [-0.1, -0.05) is 23.9 Å². The topological polar surface area (TPSA) is 62.2 Å². The quantitative estimate of drug-likeness (QED) is 0.822.